The first kappa shape index (κ1) is 14.1. The van der Waals surface area contributed by atoms with Crippen molar-refractivity contribution in [3.8, 4) is 0 Å². The zero-order valence-corrected chi connectivity index (χ0v) is 11.7. The van der Waals surface area contributed by atoms with Crippen molar-refractivity contribution in [2.45, 2.75) is 38.5 Å². The molecule has 1 aromatic carbocycles. The number of fused-ring (bicyclic) bond motifs is 1. The Morgan fingerprint density at radius 3 is 3.11 bits per heavy atom. The second-order valence-corrected chi connectivity index (χ2v) is 5.04. The first-order chi connectivity index (χ1) is 9.31. The van der Waals surface area contributed by atoms with Gasteiger partial charge in [-0.25, -0.2) is 0 Å². The lowest BCUT2D eigenvalue weighted by atomic mass is 9.83. The van der Waals surface area contributed by atoms with Crippen molar-refractivity contribution in [2.75, 3.05) is 19.8 Å². The van der Waals surface area contributed by atoms with Gasteiger partial charge in [0.15, 0.2) is 0 Å². The summed E-state index contributed by atoms with van der Waals surface area (Å²) in [4.78, 5) is 11.7. The molecule has 0 spiro atoms. The minimum Gasteiger partial charge on any atom is -0.381 e. The molecule has 1 N–H and O–H groups in total. The van der Waals surface area contributed by atoms with Gasteiger partial charge >= 0.3 is 0 Å². The maximum absolute atomic E-state index is 11.7. The molecule has 0 aliphatic heterocycles. The monoisotopic (exact) mass is 261 g/mol. The highest BCUT2D eigenvalue weighted by Crippen LogP contribution is 2.30. The van der Waals surface area contributed by atoms with Crippen molar-refractivity contribution >= 4 is 5.91 Å². The Labute approximate surface area is 115 Å². The van der Waals surface area contributed by atoms with Crippen LogP contribution >= 0.6 is 0 Å². The zero-order valence-electron chi connectivity index (χ0n) is 11.7. The molecule has 0 heterocycles. The second kappa shape index (κ2) is 7.29. The minimum atomic E-state index is 0.0940. The summed E-state index contributed by atoms with van der Waals surface area (Å²) in [5.74, 6) is 0.567. The highest BCUT2D eigenvalue weighted by Gasteiger charge is 2.19. The van der Waals surface area contributed by atoms with Crippen molar-refractivity contribution in [3.63, 3.8) is 0 Å². The molecule has 0 bridgehead atoms. The highest BCUT2D eigenvalue weighted by molar-refractivity contribution is 5.76. The van der Waals surface area contributed by atoms with Crippen LogP contribution in [0.5, 0.6) is 0 Å². The van der Waals surface area contributed by atoms with E-state index in [1.165, 1.54) is 30.4 Å². The Kier molecular flexibility index (Phi) is 5.40. The maximum atomic E-state index is 11.7. The summed E-state index contributed by atoms with van der Waals surface area (Å²) in [5.41, 5.74) is 2.86. The fraction of sp³-hybridized carbons (Fsp3) is 0.562. The van der Waals surface area contributed by atoms with E-state index >= 15 is 0 Å². The van der Waals surface area contributed by atoms with Gasteiger partial charge in [0.1, 0.15) is 0 Å². The van der Waals surface area contributed by atoms with E-state index in [0.717, 1.165) is 6.54 Å². The molecular weight excluding hydrogens is 238 g/mol. The third kappa shape index (κ3) is 4.06. The molecular formula is C16H23NO2. The summed E-state index contributed by atoms with van der Waals surface area (Å²) >= 11 is 0. The van der Waals surface area contributed by atoms with Crippen molar-refractivity contribution in [3.05, 3.63) is 35.4 Å². The third-order valence-corrected chi connectivity index (χ3v) is 3.72. The van der Waals surface area contributed by atoms with Crippen LogP contribution in [0.3, 0.4) is 0 Å². The third-order valence-electron chi connectivity index (χ3n) is 3.72. The van der Waals surface area contributed by atoms with Crippen molar-refractivity contribution < 1.29 is 9.53 Å². The first-order valence-electron chi connectivity index (χ1n) is 7.23. The number of hydrogen-bond acceptors (Lipinski definition) is 2. The number of carbonyl (C=O) groups excluding carboxylic acids is 1. The normalized spacial score (nSPS) is 17.8. The average molecular weight is 261 g/mol. The van der Waals surface area contributed by atoms with Gasteiger partial charge < -0.3 is 10.1 Å². The summed E-state index contributed by atoms with van der Waals surface area (Å²) in [5, 5.41) is 3.03. The van der Waals surface area contributed by atoms with Gasteiger partial charge in [-0.1, -0.05) is 24.3 Å². The molecule has 104 valence electrons. The standard InChI is InChI=1S/C16H23NO2/c1-2-19-11-10-16(18)17-12-14-8-5-7-13-6-3-4-9-15(13)14/h3-4,6,9,14H,2,5,7-8,10-12H2,1H3,(H,17,18)/t14-/m0/s1. The molecule has 1 atom stereocenters. The van der Waals surface area contributed by atoms with Gasteiger partial charge in [0.25, 0.3) is 0 Å². The van der Waals surface area contributed by atoms with Crippen LogP contribution in [0.1, 0.15) is 43.2 Å². The fourth-order valence-electron chi connectivity index (χ4n) is 2.70. The number of benzene rings is 1. The highest BCUT2D eigenvalue weighted by atomic mass is 16.5. The average Bonchev–Trinajstić information content (AvgIpc) is 2.45. The van der Waals surface area contributed by atoms with Gasteiger partial charge in [-0.15, -0.1) is 0 Å². The predicted molar refractivity (Wildman–Crippen MR) is 76.2 cm³/mol. The molecule has 0 radical (unpaired) electrons. The van der Waals surface area contributed by atoms with Crippen LogP contribution in [-0.2, 0) is 16.0 Å². The predicted octanol–water partition coefficient (Wildman–Crippen LogP) is 2.65. The molecule has 0 unspecified atom stereocenters. The quantitative estimate of drug-likeness (QED) is 0.799. The van der Waals surface area contributed by atoms with Crippen molar-refractivity contribution in [2.24, 2.45) is 0 Å². The van der Waals surface area contributed by atoms with Crippen molar-refractivity contribution in [1.29, 1.82) is 0 Å². The Morgan fingerprint density at radius 1 is 1.42 bits per heavy atom. The molecule has 3 heteroatoms. The fourth-order valence-corrected chi connectivity index (χ4v) is 2.70. The van der Waals surface area contributed by atoms with Crippen LogP contribution in [0.4, 0.5) is 0 Å². The minimum absolute atomic E-state index is 0.0940. The molecule has 0 saturated heterocycles. The van der Waals surface area contributed by atoms with E-state index in [1.807, 2.05) is 6.92 Å². The lowest BCUT2D eigenvalue weighted by Gasteiger charge is -2.25. The van der Waals surface area contributed by atoms with Gasteiger partial charge in [0.05, 0.1) is 6.61 Å². The van der Waals surface area contributed by atoms with E-state index in [0.29, 0.717) is 25.6 Å². The summed E-state index contributed by atoms with van der Waals surface area (Å²) in [7, 11) is 0. The molecule has 0 fully saturated rings. The number of nitrogens with one attached hydrogen (secondary N) is 1. The van der Waals surface area contributed by atoms with Gasteiger partial charge in [-0.2, -0.15) is 0 Å². The van der Waals surface area contributed by atoms with Crippen LogP contribution in [0.2, 0.25) is 0 Å². The molecule has 0 saturated carbocycles. The van der Waals surface area contributed by atoms with E-state index in [9.17, 15) is 4.79 Å². The number of amides is 1. The Morgan fingerprint density at radius 2 is 2.26 bits per heavy atom. The maximum Gasteiger partial charge on any atom is 0.222 e. The summed E-state index contributed by atoms with van der Waals surface area (Å²) in [6.45, 7) is 3.88. The number of aryl methyl sites for hydroxylation is 1. The Hall–Kier alpha value is -1.35. The van der Waals surface area contributed by atoms with Gasteiger partial charge in [-0.05, 0) is 37.3 Å². The molecule has 1 aliphatic rings. The first-order valence-corrected chi connectivity index (χ1v) is 7.23. The molecule has 1 aliphatic carbocycles. The molecule has 1 amide bonds. The Balaban J connectivity index is 1.82. The number of rotatable bonds is 6. The van der Waals surface area contributed by atoms with Crippen molar-refractivity contribution in [1.82, 2.24) is 5.32 Å². The van der Waals surface area contributed by atoms with Gasteiger partial charge in [-0.3, -0.25) is 4.79 Å². The van der Waals surface area contributed by atoms with E-state index in [2.05, 4.69) is 29.6 Å². The summed E-state index contributed by atoms with van der Waals surface area (Å²) < 4.78 is 5.19. The lowest BCUT2D eigenvalue weighted by molar-refractivity contribution is -0.122. The molecule has 2 rings (SSSR count). The molecule has 0 aromatic heterocycles. The van der Waals surface area contributed by atoms with E-state index in [-0.39, 0.29) is 5.91 Å². The second-order valence-electron chi connectivity index (χ2n) is 5.04. The largest absolute Gasteiger partial charge is 0.381 e. The topological polar surface area (TPSA) is 38.3 Å². The van der Waals surface area contributed by atoms with Crippen LogP contribution < -0.4 is 5.32 Å². The molecule has 19 heavy (non-hydrogen) atoms. The Bertz CT molecular complexity index is 417. The summed E-state index contributed by atoms with van der Waals surface area (Å²) in [6.07, 6.45) is 4.02. The smallest absolute Gasteiger partial charge is 0.222 e. The molecule has 1 aromatic rings. The molecule has 3 nitrogen and oxygen atoms in total. The van der Waals surface area contributed by atoms with Crippen LogP contribution in [0.25, 0.3) is 0 Å². The number of hydrogen-bond donors (Lipinski definition) is 1. The summed E-state index contributed by atoms with van der Waals surface area (Å²) in [6, 6.07) is 8.60. The zero-order chi connectivity index (χ0) is 13.5. The van der Waals surface area contributed by atoms with Gasteiger partial charge in [0.2, 0.25) is 5.91 Å². The van der Waals surface area contributed by atoms with Crippen LogP contribution in [0.15, 0.2) is 24.3 Å². The van der Waals surface area contributed by atoms with Gasteiger partial charge in [0, 0.05) is 25.5 Å². The van der Waals surface area contributed by atoms with E-state index in [4.69, 9.17) is 4.74 Å². The van der Waals surface area contributed by atoms with Crippen LogP contribution in [0, 0.1) is 0 Å². The SMILES string of the molecule is CCOCCC(=O)NC[C@@H]1CCCc2ccccc21. The van der Waals surface area contributed by atoms with E-state index in [1.54, 1.807) is 0 Å². The van der Waals surface area contributed by atoms with Crippen LogP contribution in [-0.4, -0.2) is 25.7 Å². The number of carbonyl (C=O) groups is 1. The lowest BCUT2D eigenvalue weighted by Crippen LogP contribution is -2.30. The number of ether oxygens (including phenoxy) is 1. The van der Waals surface area contributed by atoms with E-state index < -0.39 is 0 Å².